The van der Waals surface area contributed by atoms with Gasteiger partial charge >= 0.3 is 0 Å². The molecule has 8 fully saturated rings. The molecule has 8 saturated carbocycles. The Morgan fingerprint density at radius 2 is 0.833 bits per heavy atom. The summed E-state index contributed by atoms with van der Waals surface area (Å²) < 4.78 is 0. The summed E-state index contributed by atoms with van der Waals surface area (Å²) in [6.07, 6.45) is 11.2. The summed E-state index contributed by atoms with van der Waals surface area (Å²) in [5.74, 6) is 4.10. The van der Waals surface area contributed by atoms with Gasteiger partial charge in [0.1, 0.15) is 0 Å². The molecule has 2 N–H and O–H groups in total. The van der Waals surface area contributed by atoms with E-state index in [9.17, 15) is 10.2 Å². The van der Waals surface area contributed by atoms with Gasteiger partial charge in [0, 0.05) is 10.8 Å². The standard InChI is InChI=1S/2C10H15ClO/c2*11-9-7-1-6-2-8(9)5-10(12,3-6)4-7/h2*6-9,12H,1-5H2/t2*6?,7-,8+,9?,10?. The molecule has 0 aliphatic heterocycles. The van der Waals surface area contributed by atoms with Gasteiger partial charge in [-0.25, -0.2) is 0 Å². The highest BCUT2D eigenvalue weighted by molar-refractivity contribution is 6.21. The van der Waals surface area contributed by atoms with E-state index in [1.807, 2.05) is 0 Å². The predicted molar refractivity (Wildman–Crippen MR) is 96.3 cm³/mol. The van der Waals surface area contributed by atoms with Crippen molar-refractivity contribution in [2.75, 3.05) is 0 Å². The minimum atomic E-state index is -0.304. The minimum absolute atomic E-state index is 0.304. The number of hydrogen-bond donors (Lipinski definition) is 2. The fourth-order valence-corrected chi connectivity index (χ4v) is 8.61. The quantitative estimate of drug-likeness (QED) is 0.621. The van der Waals surface area contributed by atoms with Crippen molar-refractivity contribution in [1.29, 1.82) is 0 Å². The average molecular weight is 373 g/mol. The van der Waals surface area contributed by atoms with Crippen molar-refractivity contribution in [3.63, 3.8) is 0 Å². The Morgan fingerprint density at radius 3 is 1.08 bits per heavy atom. The molecule has 0 radical (unpaired) electrons. The number of hydrogen-bond acceptors (Lipinski definition) is 2. The number of halogens is 2. The summed E-state index contributed by atoms with van der Waals surface area (Å²) in [5.41, 5.74) is -0.607. The van der Waals surface area contributed by atoms with Crippen LogP contribution in [0.25, 0.3) is 0 Å². The Hall–Kier alpha value is 0.500. The summed E-state index contributed by atoms with van der Waals surface area (Å²) in [6.45, 7) is 0. The van der Waals surface area contributed by atoms with Crippen LogP contribution in [0.3, 0.4) is 0 Å². The second-order valence-corrected chi connectivity index (χ2v) is 11.3. The molecular formula is C20H30Cl2O2. The molecule has 0 aromatic heterocycles. The van der Waals surface area contributed by atoms with Crippen LogP contribution in [0.4, 0.5) is 0 Å². The molecule has 0 heterocycles. The van der Waals surface area contributed by atoms with Crippen LogP contribution in [-0.4, -0.2) is 32.2 Å². The lowest BCUT2D eigenvalue weighted by molar-refractivity contribution is -0.122. The van der Waals surface area contributed by atoms with E-state index in [2.05, 4.69) is 0 Å². The maximum Gasteiger partial charge on any atom is 0.0656 e. The third-order valence-electron chi connectivity index (χ3n) is 8.25. The van der Waals surface area contributed by atoms with Gasteiger partial charge in [-0.2, -0.15) is 0 Å². The third kappa shape index (κ3) is 2.66. The lowest BCUT2D eigenvalue weighted by atomic mass is 9.54. The van der Waals surface area contributed by atoms with Crippen LogP contribution in [0.1, 0.15) is 64.2 Å². The minimum Gasteiger partial charge on any atom is -0.390 e. The molecule has 0 aromatic carbocycles. The molecule has 136 valence electrons. The predicted octanol–water partition coefficient (Wildman–Crippen LogP) is 4.33. The van der Waals surface area contributed by atoms with Crippen molar-refractivity contribution in [3.05, 3.63) is 0 Å². The molecule has 8 aliphatic carbocycles. The Bertz CT molecular complexity index is 446. The van der Waals surface area contributed by atoms with E-state index in [1.165, 1.54) is 25.7 Å². The second-order valence-electron chi connectivity index (χ2n) is 10.3. The summed E-state index contributed by atoms with van der Waals surface area (Å²) in [5, 5.41) is 21.1. The normalized spacial score (nSPS) is 62.5. The van der Waals surface area contributed by atoms with Gasteiger partial charge in [-0.15, -0.1) is 23.2 Å². The lowest BCUT2D eigenvalue weighted by Crippen LogP contribution is -2.55. The van der Waals surface area contributed by atoms with Gasteiger partial charge in [0.05, 0.1) is 11.2 Å². The summed E-state index contributed by atoms with van der Waals surface area (Å²) >= 11 is 12.6. The summed E-state index contributed by atoms with van der Waals surface area (Å²) in [6, 6.07) is 0. The first-order valence-corrected chi connectivity index (χ1v) is 10.9. The van der Waals surface area contributed by atoms with Crippen molar-refractivity contribution >= 4 is 23.2 Å². The first-order chi connectivity index (χ1) is 11.3. The van der Waals surface area contributed by atoms with Gasteiger partial charge in [0.2, 0.25) is 0 Å². The zero-order valence-electron chi connectivity index (χ0n) is 14.3. The molecule has 0 aromatic rings. The Labute approximate surface area is 155 Å². The molecule has 8 bridgehead atoms. The molecule has 8 rings (SSSR count). The van der Waals surface area contributed by atoms with Crippen LogP contribution >= 0.6 is 23.2 Å². The molecule has 0 saturated heterocycles. The Morgan fingerprint density at radius 1 is 0.542 bits per heavy atom. The van der Waals surface area contributed by atoms with E-state index < -0.39 is 0 Å². The van der Waals surface area contributed by atoms with Gasteiger partial charge in [-0.1, -0.05) is 0 Å². The Kier molecular flexibility index (Phi) is 3.82. The first-order valence-electron chi connectivity index (χ1n) is 10.1. The van der Waals surface area contributed by atoms with Crippen molar-refractivity contribution in [1.82, 2.24) is 0 Å². The fourth-order valence-electron chi connectivity index (χ4n) is 7.84. The SMILES string of the molecule is OC12CC3C[C@H](C1)C(Cl)[C@@H](C3)C2.OC12CC3C[C@H](C1)C(Cl)[C@@H](C3)C2. The molecule has 8 aliphatic rings. The molecule has 10 atom stereocenters. The van der Waals surface area contributed by atoms with Crippen molar-refractivity contribution in [2.24, 2.45) is 35.5 Å². The third-order valence-corrected chi connectivity index (χ3v) is 9.68. The molecule has 0 amide bonds. The van der Waals surface area contributed by atoms with E-state index >= 15 is 0 Å². The highest BCUT2D eigenvalue weighted by Crippen LogP contribution is 2.58. The van der Waals surface area contributed by atoms with E-state index in [0.717, 1.165) is 50.4 Å². The Balaban J connectivity index is 0.000000109. The van der Waals surface area contributed by atoms with Gasteiger partial charge in [0.15, 0.2) is 0 Å². The smallest absolute Gasteiger partial charge is 0.0656 e. The maximum atomic E-state index is 10.2. The lowest BCUT2D eigenvalue weighted by Gasteiger charge is -2.56. The monoisotopic (exact) mass is 372 g/mol. The van der Waals surface area contributed by atoms with E-state index in [0.29, 0.717) is 34.4 Å². The molecule has 4 heteroatoms. The number of aliphatic hydroxyl groups is 2. The molecule has 2 nitrogen and oxygen atoms in total. The number of rotatable bonds is 0. The van der Waals surface area contributed by atoms with Crippen LogP contribution < -0.4 is 0 Å². The molecular weight excluding hydrogens is 343 g/mol. The van der Waals surface area contributed by atoms with Gasteiger partial charge < -0.3 is 10.2 Å². The summed E-state index contributed by atoms with van der Waals surface area (Å²) in [4.78, 5) is 0. The molecule has 6 unspecified atom stereocenters. The second kappa shape index (κ2) is 5.50. The van der Waals surface area contributed by atoms with Gasteiger partial charge in [-0.05, 0) is 99.7 Å². The zero-order valence-corrected chi connectivity index (χ0v) is 15.9. The van der Waals surface area contributed by atoms with Crippen molar-refractivity contribution in [2.45, 2.75) is 86.2 Å². The van der Waals surface area contributed by atoms with Crippen molar-refractivity contribution < 1.29 is 10.2 Å². The van der Waals surface area contributed by atoms with E-state index in [-0.39, 0.29) is 11.2 Å². The van der Waals surface area contributed by atoms with Crippen LogP contribution in [-0.2, 0) is 0 Å². The number of alkyl halides is 2. The van der Waals surface area contributed by atoms with Crippen LogP contribution in [0.5, 0.6) is 0 Å². The average Bonchev–Trinajstić information content (AvgIpc) is 2.47. The largest absolute Gasteiger partial charge is 0.390 e. The van der Waals surface area contributed by atoms with Crippen LogP contribution in [0, 0.1) is 35.5 Å². The molecule has 0 spiro atoms. The highest BCUT2D eigenvalue weighted by Gasteiger charge is 2.55. The van der Waals surface area contributed by atoms with E-state index in [4.69, 9.17) is 23.2 Å². The summed E-state index contributed by atoms with van der Waals surface area (Å²) in [7, 11) is 0. The maximum absolute atomic E-state index is 10.2. The fraction of sp³-hybridized carbons (Fsp3) is 1.00. The molecule has 24 heavy (non-hydrogen) atoms. The topological polar surface area (TPSA) is 40.5 Å². The van der Waals surface area contributed by atoms with Crippen LogP contribution in [0.2, 0.25) is 0 Å². The zero-order chi connectivity index (χ0) is 16.7. The first kappa shape index (κ1) is 16.7. The van der Waals surface area contributed by atoms with E-state index in [1.54, 1.807) is 0 Å². The van der Waals surface area contributed by atoms with Crippen LogP contribution in [0.15, 0.2) is 0 Å². The highest BCUT2D eigenvalue weighted by atomic mass is 35.5. The van der Waals surface area contributed by atoms with Gasteiger partial charge in [-0.3, -0.25) is 0 Å². The van der Waals surface area contributed by atoms with Crippen molar-refractivity contribution in [3.8, 4) is 0 Å². The van der Waals surface area contributed by atoms with Gasteiger partial charge in [0.25, 0.3) is 0 Å².